The van der Waals surface area contributed by atoms with Crippen molar-refractivity contribution < 1.29 is 4.39 Å². The van der Waals surface area contributed by atoms with E-state index >= 15 is 0 Å². The molecule has 0 amide bonds. The molecule has 0 bridgehead atoms. The number of anilines is 1. The average Bonchev–Trinajstić information content (AvgIpc) is 2.52. The van der Waals surface area contributed by atoms with Crippen LogP contribution in [-0.2, 0) is 0 Å². The van der Waals surface area contributed by atoms with Crippen molar-refractivity contribution in [3.63, 3.8) is 0 Å². The first-order valence-electron chi connectivity index (χ1n) is 8.77. The third-order valence-corrected chi connectivity index (χ3v) is 5.54. The predicted molar refractivity (Wildman–Crippen MR) is 87.1 cm³/mol. The van der Waals surface area contributed by atoms with Crippen molar-refractivity contribution >= 4 is 5.69 Å². The first-order chi connectivity index (χ1) is 10.2. The summed E-state index contributed by atoms with van der Waals surface area (Å²) < 4.78 is 14.0. The fourth-order valence-corrected chi connectivity index (χ4v) is 4.41. The molecule has 2 heteroatoms. The molecule has 1 N–H and O–H groups in total. The summed E-state index contributed by atoms with van der Waals surface area (Å²) in [5, 5.41) is 3.56. The first kappa shape index (κ1) is 14.9. The van der Waals surface area contributed by atoms with E-state index < -0.39 is 0 Å². The van der Waals surface area contributed by atoms with Gasteiger partial charge in [0.05, 0.1) is 5.69 Å². The van der Waals surface area contributed by atoms with Gasteiger partial charge >= 0.3 is 0 Å². The number of benzene rings is 1. The third kappa shape index (κ3) is 3.59. The maximum atomic E-state index is 14.0. The summed E-state index contributed by atoms with van der Waals surface area (Å²) in [7, 11) is 0. The molecule has 3 rings (SSSR count). The van der Waals surface area contributed by atoms with Crippen LogP contribution < -0.4 is 5.32 Å². The number of hydrogen-bond donors (Lipinski definition) is 1. The van der Waals surface area contributed by atoms with Gasteiger partial charge in [0.25, 0.3) is 0 Å². The Morgan fingerprint density at radius 3 is 2.48 bits per heavy atom. The van der Waals surface area contributed by atoms with Gasteiger partial charge in [-0.2, -0.15) is 0 Å². The first-order valence-corrected chi connectivity index (χ1v) is 8.77. The summed E-state index contributed by atoms with van der Waals surface area (Å²) >= 11 is 0. The van der Waals surface area contributed by atoms with Gasteiger partial charge in [0.15, 0.2) is 0 Å². The van der Waals surface area contributed by atoms with E-state index in [0.29, 0.717) is 11.7 Å². The number of halogens is 1. The minimum absolute atomic E-state index is 0.103. The van der Waals surface area contributed by atoms with Crippen molar-refractivity contribution in [3.8, 4) is 0 Å². The van der Waals surface area contributed by atoms with Crippen molar-refractivity contribution in [2.75, 3.05) is 5.32 Å². The molecular weight excluding hydrogens is 261 g/mol. The highest BCUT2D eigenvalue weighted by molar-refractivity contribution is 5.48. The molecule has 0 heterocycles. The van der Waals surface area contributed by atoms with E-state index in [1.165, 1.54) is 57.8 Å². The Kier molecular flexibility index (Phi) is 4.82. The summed E-state index contributed by atoms with van der Waals surface area (Å²) in [5.74, 6) is 1.51. The Bertz CT molecular complexity index is 465. The molecule has 0 aromatic heterocycles. The van der Waals surface area contributed by atoms with Gasteiger partial charge in [-0.05, 0) is 49.3 Å². The molecule has 1 aromatic rings. The van der Waals surface area contributed by atoms with Crippen molar-refractivity contribution in [2.45, 2.75) is 70.8 Å². The van der Waals surface area contributed by atoms with Crippen LogP contribution in [0, 0.1) is 24.6 Å². The van der Waals surface area contributed by atoms with Crippen LogP contribution in [0.4, 0.5) is 10.1 Å². The van der Waals surface area contributed by atoms with Gasteiger partial charge in [0, 0.05) is 6.04 Å². The second kappa shape index (κ2) is 6.81. The zero-order chi connectivity index (χ0) is 14.7. The largest absolute Gasteiger partial charge is 0.380 e. The maximum absolute atomic E-state index is 14.0. The van der Waals surface area contributed by atoms with Crippen LogP contribution in [0.2, 0.25) is 0 Å². The second-order valence-electron chi connectivity index (χ2n) is 7.08. The smallest absolute Gasteiger partial charge is 0.146 e. The van der Waals surface area contributed by atoms with Crippen LogP contribution in [0.3, 0.4) is 0 Å². The van der Waals surface area contributed by atoms with Gasteiger partial charge in [0.1, 0.15) is 5.82 Å². The summed E-state index contributed by atoms with van der Waals surface area (Å²) in [4.78, 5) is 0. The molecule has 0 spiro atoms. The Morgan fingerprint density at radius 2 is 1.67 bits per heavy atom. The topological polar surface area (TPSA) is 12.0 Å². The highest BCUT2D eigenvalue weighted by Crippen LogP contribution is 2.39. The molecule has 1 aromatic carbocycles. The van der Waals surface area contributed by atoms with Gasteiger partial charge in [-0.15, -0.1) is 0 Å². The lowest BCUT2D eigenvalue weighted by Gasteiger charge is -2.40. The highest BCUT2D eigenvalue weighted by Gasteiger charge is 2.32. The number of aryl methyl sites for hydroxylation is 1. The highest BCUT2D eigenvalue weighted by atomic mass is 19.1. The third-order valence-electron chi connectivity index (χ3n) is 5.54. The molecule has 0 saturated heterocycles. The molecule has 1 nitrogen and oxygen atoms in total. The Morgan fingerprint density at radius 1 is 0.952 bits per heavy atom. The van der Waals surface area contributed by atoms with E-state index in [0.717, 1.165) is 17.4 Å². The fourth-order valence-electron chi connectivity index (χ4n) is 4.41. The summed E-state index contributed by atoms with van der Waals surface area (Å²) in [6.07, 6.45) is 12.2. The van der Waals surface area contributed by atoms with E-state index in [4.69, 9.17) is 0 Å². The molecule has 21 heavy (non-hydrogen) atoms. The molecule has 2 atom stereocenters. The van der Waals surface area contributed by atoms with Crippen LogP contribution in [0.1, 0.15) is 63.4 Å². The molecule has 2 fully saturated rings. The lowest BCUT2D eigenvalue weighted by Crippen LogP contribution is -2.37. The van der Waals surface area contributed by atoms with Gasteiger partial charge in [-0.1, -0.05) is 51.0 Å². The van der Waals surface area contributed by atoms with E-state index in [9.17, 15) is 4.39 Å². The second-order valence-corrected chi connectivity index (χ2v) is 7.08. The fraction of sp³-hybridized carbons (Fsp3) is 0.684. The quantitative estimate of drug-likeness (QED) is 0.754. The predicted octanol–water partition coefficient (Wildman–Crippen LogP) is 5.69. The van der Waals surface area contributed by atoms with E-state index in [-0.39, 0.29) is 5.82 Å². The zero-order valence-corrected chi connectivity index (χ0v) is 13.2. The Balaban J connectivity index is 1.73. The average molecular weight is 289 g/mol. The number of rotatable bonds is 3. The lowest BCUT2D eigenvalue weighted by molar-refractivity contribution is 0.180. The van der Waals surface area contributed by atoms with Gasteiger partial charge in [-0.25, -0.2) is 4.39 Å². The Labute approximate surface area is 128 Å². The monoisotopic (exact) mass is 289 g/mol. The van der Waals surface area contributed by atoms with Crippen molar-refractivity contribution in [2.24, 2.45) is 11.8 Å². The van der Waals surface area contributed by atoms with Crippen molar-refractivity contribution in [1.82, 2.24) is 0 Å². The molecular formula is C19H28FN. The van der Waals surface area contributed by atoms with Gasteiger partial charge in [0.2, 0.25) is 0 Å². The van der Waals surface area contributed by atoms with Crippen LogP contribution >= 0.6 is 0 Å². The van der Waals surface area contributed by atoms with E-state index in [1.807, 2.05) is 19.1 Å². The molecule has 2 unspecified atom stereocenters. The standard InChI is InChI=1S/C19H28FN/c1-14-11-12-17(20)19(13-14)21-18-10-6-5-9-16(18)15-7-3-2-4-8-15/h11-13,15-16,18,21H,2-10H2,1H3. The molecule has 0 radical (unpaired) electrons. The molecule has 2 aliphatic carbocycles. The summed E-state index contributed by atoms with van der Waals surface area (Å²) in [6.45, 7) is 2.03. The van der Waals surface area contributed by atoms with Crippen molar-refractivity contribution in [3.05, 3.63) is 29.6 Å². The van der Waals surface area contributed by atoms with Gasteiger partial charge < -0.3 is 5.32 Å². The molecule has 2 aliphatic rings. The van der Waals surface area contributed by atoms with E-state index in [1.54, 1.807) is 6.07 Å². The minimum atomic E-state index is -0.103. The van der Waals surface area contributed by atoms with Gasteiger partial charge in [-0.3, -0.25) is 0 Å². The number of nitrogens with one attached hydrogen (secondary N) is 1. The lowest BCUT2D eigenvalue weighted by atomic mass is 9.71. The van der Waals surface area contributed by atoms with Crippen LogP contribution in [0.5, 0.6) is 0 Å². The van der Waals surface area contributed by atoms with E-state index in [2.05, 4.69) is 5.32 Å². The SMILES string of the molecule is Cc1ccc(F)c(NC2CCCCC2C2CCCCC2)c1. The summed E-state index contributed by atoms with van der Waals surface area (Å²) in [5.41, 5.74) is 1.84. The number of hydrogen-bond acceptors (Lipinski definition) is 1. The normalized spacial score (nSPS) is 27.5. The maximum Gasteiger partial charge on any atom is 0.146 e. The summed E-state index contributed by atoms with van der Waals surface area (Å²) in [6, 6.07) is 5.87. The van der Waals surface area contributed by atoms with Crippen LogP contribution in [0.15, 0.2) is 18.2 Å². The molecule has 0 aliphatic heterocycles. The van der Waals surface area contributed by atoms with Crippen LogP contribution in [0.25, 0.3) is 0 Å². The van der Waals surface area contributed by atoms with Crippen LogP contribution in [-0.4, -0.2) is 6.04 Å². The molecule has 116 valence electrons. The van der Waals surface area contributed by atoms with Crippen molar-refractivity contribution in [1.29, 1.82) is 0 Å². The molecule has 2 saturated carbocycles. The zero-order valence-electron chi connectivity index (χ0n) is 13.2. The minimum Gasteiger partial charge on any atom is -0.380 e. The Hall–Kier alpha value is -1.05.